The molecule has 1 aliphatic heterocycles. The number of morpholine rings is 1. The van der Waals surface area contributed by atoms with E-state index in [1.807, 2.05) is 6.92 Å². The molecule has 0 radical (unpaired) electrons. The number of hydrogen-bond acceptors (Lipinski definition) is 6. The van der Waals surface area contributed by atoms with Gasteiger partial charge in [-0.2, -0.15) is 13.2 Å². The molecule has 1 saturated heterocycles. The summed E-state index contributed by atoms with van der Waals surface area (Å²) < 4.78 is 66.1. The molecule has 0 aromatic heterocycles. The van der Waals surface area contributed by atoms with Crippen molar-refractivity contribution < 1.29 is 31.2 Å². The first-order valence-corrected chi connectivity index (χ1v) is 8.52. The lowest BCUT2D eigenvalue weighted by molar-refractivity contribution is -0.384. The maximum absolute atomic E-state index is 12.6. The number of nitro benzene ring substituents is 1. The van der Waals surface area contributed by atoms with Gasteiger partial charge in [-0.1, -0.05) is 6.92 Å². The average Bonchev–Trinajstić information content (AvgIpc) is 2.53. The third-order valence-corrected chi connectivity index (χ3v) is 5.25. The summed E-state index contributed by atoms with van der Waals surface area (Å²) in [4.78, 5) is 10.9. The van der Waals surface area contributed by atoms with Crippen LogP contribution < -0.4 is 4.90 Å². The summed E-state index contributed by atoms with van der Waals surface area (Å²) in [7, 11) is -5.65. The van der Waals surface area contributed by atoms with E-state index in [9.17, 15) is 31.7 Å². The fourth-order valence-corrected chi connectivity index (χ4v) is 3.28. The van der Waals surface area contributed by atoms with Gasteiger partial charge in [-0.25, -0.2) is 8.42 Å². The Kier molecular flexibility index (Phi) is 5.04. The number of halogens is 3. The Morgan fingerprint density at radius 2 is 2.08 bits per heavy atom. The Hall–Kier alpha value is -1.88. The largest absolute Gasteiger partial charge is 0.501 e. The number of ether oxygens (including phenoxy) is 1. The van der Waals surface area contributed by atoms with E-state index < -0.39 is 30.9 Å². The number of anilines is 1. The first-order chi connectivity index (χ1) is 11.1. The number of sulfone groups is 1. The highest BCUT2D eigenvalue weighted by atomic mass is 32.2. The van der Waals surface area contributed by atoms with E-state index in [2.05, 4.69) is 0 Å². The molecule has 0 spiro atoms. The second-order valence-electron chi connectivity index (χ2n) is 5.19. The van der Waals surface area contributed by atoms with Crippen LogP contribution in [0.1, 0.15) is 13.3 Å². The smallest absolute Gasteiger partial charge is 0.377 e. The molecule has 0 aliphatic carbocycles. The lowest BCUT2D eigenvalue weighted by Crippen LogP contribution is -2.45. The van der Waals surface area contributed by atoms with Crippen LogP contribution in [0.5, 0.6) is 0 Å². The van der Waals surface area contributed by atoms with Gasteiger partial charge in [0.1, 0.15) is 5.69 Å². The van der Waals surface area contributed by atoms with E-state index in [0.717, 1.165) is 12.1 Å². The van der Waals surface area contributed by atoms with E-state index in [0.29, 0.717) is 32.2 Å². The summed E-state index contributed by atoms with van der Waals surface area (Å²) in [5.74, 6) is 0. The minimum absolute atomic E-state index is 0.0799. The molecule has 1 aromatic rings. The lowest BCUT2D eigenvalue weighted by atomic mass is 10.1. The summed E-state index contributed by atoms with van der Waals surface area (Å²) in [5, 5.41) is 11.3. The van der Waals surface area contributed by atoms with Crippen LogP contribution in [0.3, 0.4) is 0 Å². The first kappa shape index (κ1) is 18.5. The van der Waals surface area contributed by atoms with Gasteiger partial charge in [0.05, 0.1) is 29.1 Å². The highest BCUT2D eigenvalue weighted by Gasteiger charge is 2.47. The maximum atomic E-state index is 12.6. The molecule has 1 heterocycles. The summed E-state index contributed by atoms with van der Waals surface area (Å²) in [5.41, 5.74) is -6.12. The second-order valence-corrected chi connectivity index (χ2v) is 7.13. The van der Waals surface area contributed by atoms with Crippen LogP contribution >= 0.6 is 0 Å². The van der Waals surface area contributed by atoms with Crippen molar-refractivity contribution in [3.05, 3.63) is 28.3 Å². The molecule has 1 atom stereocenters. The third-order valence-electron chi connectivity index (χ3n) is 3.77. The van der Waals surface area contributed by atoms with Gasteiger partial charge in [-0.3, -0.25) is 10.1 Å². The molecule has 134 valence electrons. The zero-order valence-electron chi connectivity index (χ0n) is 12.6. The standard InChI is InChI=1S/C13H15F3N2O5S/c1-2-9-8-23-6-5-17(9)11-4-3-10(7-12(11)18(19)20)24(21,22)13(14,15)16/h3-4,7,9H,2,5-6,8H2,1H3. The van der Waals surface area contributed by atoms with Gasteiger partial charge in [0.25, 0.3) is 15.5 Å². The predicted octanol–water partition coefficient (Wildman–Crippen LogP) is 2.50. The van der Waals surface area contributed by atoms with Crippen LogP contribution in [0, 0.1) is 10.1 Å². The van der Waals surface area contributed by atoms with E-state index in [1.165, 1.54) is 0 Å². The first-order valence-electron chi connectivity index (χ1n) is 7.03. The highest BCUT2D eigenvalue weighted by Crippen LogP contribution is 2.37. The van der Waals surface area contributed by atoms with Crippen LogP contribution in [0.4, 0.5) is 24.5 Å². The van der Waals surface area contributed by atoms with Crippen LogP contribution in [0.25, 0.3) is 0 Å². The Labute approximate surface area is 136 Å². The number of nitro groups is 1. The number of hydrogen-bond donors (Lipinski definition) is 0. The van der Waals surface area contributed by atoms with E-state index in [1.54, 1.807) is 4.90 Å². The van der Waals surface area contributed by atoms with Crippen molar-refractivity contribution in [1.82, 2.24) is 0 Å². The number of rotatable bonds is 4. The fraction of sp³-hybridized carbons (Fsp3) is 0.538. The molecule has 0 amide bonds. The highest BCUT2D eigenvalue weighted by molar-refractivity contribution is 7.92. The van der Waals surface area contributed by atoms with Crippen molar-refractivity contribution in [2.75, 3.05) is 24.7 Å². The number of alkyl halides is 3. The minimum Gasteiger partial charge on any atom is -0.377 e. The fourth-order valence-electron chi connectivity index (χ4n) is 2.50. The zero-order chi connectivity index (χ0) is 18.1. The topological polar surface area (TPSA) is 89.8 Å². The summed E-state index contributed by atoms with van der Waals surface area (Å²) in [6.07, 6.45) is 0.611. The Balaban J connectivity index is 2.54. The monoisotopic (exact) mass is 368 g/mol. The van der Waals surface area contributed by atoms with E-state index >= 15 is 0 Å². The van der Waals surface area contributed by atoms with Crippen molar-refractivity contribution in [3.63, 3.8) is 0 Å². The van der Waals surface area contributed by atoms with Crippen molar-refractivity contribution in [1.29, 1.82) is 0 Å². The Morgan fingerprint density at radius 1 is 1.42 bits per heavy atom. The molecule has 1 aliphatic rings. The molecule has 24 heavy (non-hydrogen) atoms. The zero-order valence-corrected chi connectivity index (χ0v) is 13.4. The van der Waals surface area contributed by atoms with Crippen LogP contribution in [0.2, 0.25) is 0 Å². The number of benzene rings is 1. The molecule has 2 rings (SSSR count). The molecule has 7 nitrogen and oxygen atoms in total. The third kappa shape index (κ3) is 3.31. The molecule has 1 fully saturated rings. The minimum atomic E-state index is -5.65. The molecule has 0 bridgehead atoms. The average molecular weight is 368 g/mol. The van der Waals surface area contributed by atoms with Crippen LogP contribution in [-0.4, -0.2) is 44.6 Å². The summed E-state index contributed by atoms with van der Waals surface area (Å²) in [6, 6.07) is 2.07. The molecular weight excluding hydrogens is 353 g/mol. The van der Waals surface area contributed by atoms with Gasteiger partial charge in [-0.15, -0.1) is 0 Å². The van der Waals surface area contributed by atoms with Crippen LogP contribution in [-0.2, 0) is 14.6 Å². The normalized spacial score (nSPS) is 19.3. The van der Waals surface area contributed by atoms with Gasteiger partial charge in [0, 0.05) is 12.6 Å². The molecule has 0 saturated carbocycles. The van der Waals surface area contributed by atoms with Crippen molar-refractivity contribution in [3.8, 4) is 0 Å². The molecule has 0 N–H and O–H groups in total. The van der Waals surface area contributed by atoms with Gasteiger partial charge >= 0.3 is 5.51 Å². The van der Waals surface area contributed by atoms with E-state index in [-0.39, 0.29) is 11.7 Å². The summed E-state index contributed by atoms with van der Waals surface area (Å²) in [6.45, 7) is 2.82. The quantitative estimate of drug-likeness (QED) is 0.599. The second kappa shape index (κ2) is 6.55. The van der Waals surface area contributed by atoms with Gasteiger partial charge in [0.15, 0.2) is 0 Å². The molecule has 1 aromatic carbocycles. The number of nitrogens with zero attached hydrogens (tertiary/aromatic N) is 2. The van der Waals surface area contributed by atoms with Crippen molar-refractivity contribution in [2.45, 2.75) is 29.8 Å². The van der Waals surface area contributed by atoms with Gasteiger partial charge < -0.3 is 9.64 Å². The molecule has 11 heteroatoms. The molecular formula is C13H15F3N2O5S. The van der Waals surface area contributed by atoms with Gasteiger partial charge in [0.2, 0.25) is 0 Å². The predicted molar refractivity (Wildman–Crippen MR) is 78.6 cm³/mol. The maximum Gasteiger partial charge on any atom is 0.501 e. The van der Waals surface area contributed by atoms with Crippen molar-refractivity contribution in [2.24, 2.45) is 0 Å². The van der Waals surface area contributed by atoms with Crippen LogP contribution in [0.15, 0.2) is 23.1 Å². The van der Waals surface area contributed by atoms with E-state index in [4.69, 9.17) is 4.74 Å². The van der Waals surface area contributed by atoms with Gasteiger partial charge in [-0.05, 0) is 18.6 Å². The SMILES string of the molecule is CCC1COCCN1c1ccc(S(=O)(=O)C(F)(F)F)cc1[N+](=O)[O-]. The lowest BCUT2D eigenvalue weighted by Gasteiger charge is -2.36. The summed E-state index contributed by atoms with van der Waals surface area (Å²) >= 11 is 0. The molecule has 1 unspecified atom stereocenters. The Morgan fingerprint density at radius 3 is 2.62 bits per heavy atom. The van der Waals surface area contributed by atoms with Crippen molar-refractivity contribution >= 4 is 21.2 Å². The Bertz CT molecular complexity index is 736.